The fraction of sp³-hybridized carbons (Fsp3) is 0.708. The van der Waals surface area contributed by atoms with Crippen LogP contribution in [-0.2, 0) is 90.8 Å². The topological polar surface area (TPSA) is 562 Å². The van der Waals surface area contributed by atoms with Gasteiger partial charge >= 0.3 is 5.97 Å². The average Bonchev–Trinajstić information content (AvgIpc) is 3.61. The number of aliphatic carboxylic acids is 1. The molecule has 2 bridgehead atoms. The minimum atomic E-state index is -1.71. The fourth-order valence-electron chi connectivity index (χ4n) is 8.35. The molecule has 0 radical (unpaired) electrons. The Morgan fingerprint density at radius 2 is 1.14 bits per heavy atom. The van der Waals surface area contributed by atoms with Crippen molar-refractivity contribution in [3.8, 4) is 0 Å². The summed E-state index contributed by atoms with van der Waals surface area (Å²) in [7, 11) is 0. The number of primary amides is 1. The number of nitrogens with one attached hydrogen (secondary N) is 12. The Morgan fingerprint density at radius 3 is 1.69 bits per heavy atom. The summed E-state index contributed by atoms with van der Waals surface area (Å²) in [6.45, 7) is 2.10. The molecular weight excluding hydrogens is 1140 g/mol. The van der Waals surface area contributed by atoms with E-state index in [1.807, 2.05) is 0 Å². The van der Waals surface area contributed by atoms with E-state index in [2.05, 4.69) is 63.8 Å². The van der Waals surface area contributed by atoms with Crippen LogP contribution in [0.25, 0.3) is 0 Å². The van der Waals surface area contributed by atoms with E-state index in [1.54, 1.807) is 0 Å². The van der Waals surface area contributed by atoms with E-state index in [1.165, 1.54) is 27.7 Å². The number of aliphatic hydroxyl groups excluding tert-OH is 3. The molecule has 3 saturated heterocycles. The van der Waals surface area contributed by atoms with Gasteiger partial charge in [0, 0.05) is 26.8 Å². The first-order valence-electron chi connectivity index (χ1n) is 26.8. The molecule has 3 heterocycles. The van der Waals surface area contributed by atoms with Crippen molar-refractivity contribution in [1.82, 2.24) is 63.8 Å². The summed E-state index contributed by atoms with van der Waals surface area (Å²) in [5, 5.41) is 68.5. The van der Waals surface area contributed by atoms with E-state index >= 15 is 0 Å². The summed E-state index contributed by atoms with van der Waals surface area (Å²) < 4.78 is 29.8. The number of ether oxygens (including phenoxy) is 5. The van der Waals surface area contributed by atoms with Gasteiger partial charge in [0.2, 0.25) is 76.8 Å². The van der Waals surface area contributed by atoms with Crippen LogP contribution in [0.2, 0.25) is 0 Å². The maximum Gasteiger partial charge on any atom is 0.322 e. The van der Waals surface area contributed by atoms with Crippen molar-refractivity contribution in [2.24, 2.45) is 11.5 Å². The first-order valence-corrected chi connectivity index (χ1v) is 26.8. The monoisotopic (exact) mass is 1220 g/mol. The summed E-state index contributed by atoms with van der Waals surface area (Å²) >= 11 is 0. The molecule has 20 N–H and O–H groups in total. The van der Waals surface area contributed by atoms with Crippen LogP contribution in [0, 0.1) is 0 Å². The lowest BCUT2D eigenvalue weighted by Crippen LogP contribution is -2.68. The number of carbonyl (C=O) groups is 14. The second-order valence-electron chi connectivity index (χ2n) is 19.7. The summed E-state index contributed by atoms with van der Waals surface area (Å²) in [5.41, 5.74) is 10.7. The van der Waals surface area contributed by atoms with E-state index in [0.29, 0.717) is 0 Å². The summed E-state index contributed by atoms with van der Waals surface area (Å²) in [4.78, 5) is 174. The Hall–Kier alpha value is -7.78. The lowest BCUT2D eigenvalue weighted by Gasteiger charge is -2.47. The SMILES string of the molecule is CC(=O)NC1C(OC2C3COC(O3)C(NC(C)=O)C2OC(C)C(=O)NC(C)C(=O)NC(CCC(=O)NC(CCCCNC(=O)CNC(=O)CNC(=O)CNC(=O)CNC(=O)CN)C(=O)NC(C)C(=O)NCC(=O)O)C(N)=O)OC(CO)C(O)C1O. The quantitative estimate of drug-likeness (QED) is 0.0262. The molecule has 37 nitrogen and oxygen atoms in total. The third kappa shape index (κ3) is 24.4. The Kier molecular flexibility index (Phi) is 29.9. The van der Waals surface area contributed by atoms with Gasteiger partial charge in [0.25, 0.3) is 0 Å². The standard InChI is InChI=1S/C48H78N14O23/c1-20(43(77)56-17-35(72)73)58-46(80)26(8-6-7-11-51-31(68)13-53-33(70)15-55-34(71)16-54-32(69)14-52-30(67)12-49)61-29(66)10-9-25(42(50)76)62-44(78)21(2)57-45(79)22(3)82-41-37(60-24(5)65)47-81-19-28(84-47)40(41)85-48-36(59-23(4)64)39(75)38(74)27(18-63)83-48/h20-22,25-28,36-41,47-48,63,74-75H,6-19,49H2,1-5H3,(H2,50,76)(H,51,68)(H,52,67)(H,53,70)(H,54,69)(H,55,71)(H,56,77)(H,57,79)(H,58,80)(H,59,64)(H,60,65)(H,61,66)(H,62,78)(H,72,73). The van der Waals surface area contributed by atoms with Gasteiger partial charge in [-0.2, -0.15) is 0 Å². The molecule has 13 amide bonds. The third-order valence-electron chi connectivity index (χ3n) is 12.8. The average molecular weight is 1220 g/mol. The van der Waals surface area contributed by atoms with Crippen LogP contribution in [0.4, 0.5) is 0 Å². The predicted molar refractivity (Wildman–Crippen MR) is 283 cm³/mol. The molecule has 0 aromatic rings. The van der Waals surface area contributed by atoms with Crippen LogP contribution in [0.15, 0.2) is 0 Å². The molecule has 3 aliphatic rings. The lowest BCUT2D eigenvalue weighted by atomic mass is 9.95. The zero-order valence-electron chi connectivity index (χ0n) is 47.3. The van der Waals surface area contributed by atoms with E-state index in [9.17, 15) is 82.4 Å². The largest absolute Gasteiger partial charge is 0.480 e. The molecule has 85 heavy (non-hydrogen) atoms. The van der Waals surface area contributed by atoms with Crippen LogP contribution in [-0.4, -0.2) is 254 Å². The summed E-state index contributed by atoms with van der Waals surface area (Å²) in [5.74, 6) is -11.6. The molecule has 37 heteroatoms. The van der Waals surface area contributed by atoms with E-state index < -0.39 is 226 Å². The normalized spacial score (nSPS) is 23.9. The first kappa shape index (κ1) is 71.5. The highest BCUT2D eigenvalue weighted by molar-refractivity contribution is 5.95. The number of rotatable bonds is 35. The second-order valence-corrected chi connectivity index (χ2v) is 19.7. The van der Waals surface area contributed by atoms with Gasteiger partial charge in [0.15, 0.2) is 12.6 Å². The minimum absolute atomic E-state index is 0.00386. The number of carboxylic acid groups (broad SMARTS) is 1. The van der Waals surface area contributed by atoms with Gasteiger partial charge in [0.1, 0.15) is 85.5 Å². The fourth-order valence-corrected chi connectivity index (χ4v) is 8.35. The highest BCUT2D eigenvalue weighted by Gasteiger charge is 2.56. The molecule has 0 aromatic heterocycles. The predicted octanol–water partition coefficient (Wildman–Crippen LogP) is -11.5. The van der Waals surface area contributed by atoms with E-state index in [0.717, 1.165) is 6.92 Å². The molecule has 0 aliphatic carbocycles. The second kappa shape index (κ2) is 35.5. The van der Waals surface area contributed by atoms with Gasteiger partial charge in [0.05, 0.1) is 45.9 Å². The molecule has 15 atom stereocenters. The minimum Gasteiger partial charge on any atom is -0.480 e. The van der Waals surface area contributed by atoms with Crippen LogP contribution >= 0.6 is 0 Å². The van der Waals surface area contributed by atoms with Crippen molar-refractivity contribution in [2.45, 2.75) is 158 Å². The van der Waals surface area contributed by atoms with Gasteiger partial charge in [-0.25, -0.2) is 0 Å². The van der Waals surface area contributed by atoms with Gasteiger partial charge < -0.3 is 119 Å². The van der Waals surface area contributed by atoms with Crippen molar-refractivity contribution in [3.05, 3.63) is 0 Å². The van der Waals surface area contributed by atoms with Crippen LogP contribution < -0.4 is 75.3 Å². The zero-order chi connectivity index (χ0) is 63.7. The van der Waals surface area contributed by atoms with Gasteiger partial charge in [-0.1, -0.05) is 0 Å². The van der Waals surface area contributed by atoms with E-state index in [4.69, 9.17) is 40.3 Å². The maximum absolute atomic E-state index is 13.7. The van der Waals surface area contributed by atoms with Crippen LogP contribution in [0.5, 0.6) is 0 Å². The van der Waals surface area contributed by atoms with Gasteiger partial charge in [-0.15, -0.1) is 0 Å². The lowest BCUT2D eigenvalue weighted by molar-refractivity contribution is -0.313. The number of unbranched alkanes of at least 4 members (excludes halogenated alkanes) is 1. The molecule has 15 unspecified atom stereocenters. The van der Waals surface area contributed by atoms with Gasteiger partial charge in [-0.05, 0) is 46.5 Å². The van der Waals surface area contributed by atoms with Crippen molar-refractivity contribution in [2.75, 3.05) is 59.0 Å². The molecule has 3 rings (SSSR count). The van der Waals surface area contributed by atoms with Crippen molar-refractivity contribution < 1.29 is 111 Å². The van der Waals surface area contributed by atoms with Crippen LogP contribution in [0.1, 0.15) is 66.7 Å². The maximum atomic E-state index is 13.7. The number of fused-ring (bicyclic) bond motifs is 2. The number of aliphatic hydroxyl groups is 3. The summed E-state index contributed by atoms with van der Waals surface area (Å²) in [6, 6.07) is -8.18. The number of carboxylic acids is 1. The molecule has 0 spiro atoms. The first-order chi connectivity index (χ1) is 40.0. The van der Waals surface area contributed by atoms with Crippen molar-refractivity contribution in [3.63, 3.8) is 0 Å². The highest BCUT2D eigenvalue weighted by atomic mass is 16.8. The Balaban J connectivity index is 1.59. The third-order valence-corrected chi connectivity index (χ3v) is 12.8. The molecule has 3 aliphatic heterocycles. The van der Waals surface area contributed by atoms with E-state index in [-0.39, 0.29) is 39.0 Å². The summed E-state index contributed by atoms with van der Waals surface area (Å²) in [6.07, 6.45) is -13.2. The number of amides is 13. The molecular formula is C48H78N14O23. The molecule has 478 valence electrons. The molecule has 3 fully saturated rings. The molecule has 0 aromatic carbocycles. The molecule has 0 saturated carbocycles. The Labute approximate surface area is 485 Å². The van der Waals surface area contributed by atoms with Crippen molar-refractivity contribution in [1.29, 1.82) is 0 Å². The smallest absolute Gasteiger partial charge is 0.322 e. The zero-order valence-corrected chi connectivity index (χ0v) is 47.3. The Morgan fingerprint density at radius 1 is 0.588 bits per heavy atom. The number of nitrogens with two attached hydrogens (primary N) is 2. The highest BCUT2D eigenvalue weighted by Crippen LogP contribution is 2.35. The number of carbonyl (C=O) groups excluding carboxylic acids is 13. The van der Waals surface area contributed by atoms with Crippen LogP contribution in [0.3, 0.4) is 0 Å². The van der Waals surface area contributed by atoms with Gasteiger partial charge in [-0.3, -0.25) is 67.1 Å². The Bertz CT molecular complexity index is 2410. The van der Waals surface area contributed by atoms with Crippen molar-refractivity contribution >= 4 is 82.8 Å². The number of hydrogen-bond donors (Lipinski definition) is 18. The number of hydrogen-bond acceptors (Lipinski definition) is 23.